The minimum Gasteiger partial charge on any atom is -0.481 e. The van der Waals surface area contributed by atoms with Crippen molar-refractivity contribution < 1.29 is 35.8 Å². The summed E-state index contributed by atoms with van der Waals surface area (Å²) in [6.07, 6.45) is 1.16. The summed E-state index contributed by atoms with van der Waals surface area (Å²) in [5, 5.41) is 16.4. The van der Waals surface area contributed by atoms with Crippen LogP contribution in [-0.4, -0.2) is 70.5 Å². The van der Waals surface area contributed by atoms with Crippen LogP contribution in [0.15, 0.2) is 93.3 Å². The third kappa shape index (κ3) is 9.30. The molecule has 15 nitrogen and oxygen atoms in total. The molecule has 4 heterocycles. The number of aromatic nitrogens is 4. The minimum absolute atomic E-state index is 0.0161. The fraction of sp³-hybridized carbons (Fsp3) is 0.152. The molecule has 0 fully saturated rings. The Kier molecular flexibility index (Phi) is 10.9. The lowest BCUT2D eigenvalue weighted by atomic mass is 10.2. The molecule has 6 rings (SSSR count). The molecule has 0 aliphatic rings. The van der Waals surface area contributed by atoms with Crippen molar-refractivity contribution in [1.29, 1.82) is 0 Å². The zero-order valence-corrected chi connectivity index (χ0v) is 31.0. The van der Waals surface area contributed by atoms with Crippen LogP contribution in [0, 0.1) is 0 Å². The fourth-order valence-corrected chi connectivity index (χ4v) is 7.22. The van der Waals surface area contributed by atoms with E-state index in [-0.39, 0.29) is 23.0 Å². The highest BCUT2D eigenvalue weighted by atomic mass is 32.2. The van der Waals surface area contributed by atoms with E-state index in [4.69, 9.17) is 24.1 Å². The van der Waals surface area contributed by atoms with E-state index in [1.165, 1.54) is 61.2 Å². The molecule has 0 atom stereocenters. The van der Waals surface area contributed by atoms with Gasteiger partial charge in [0.05, 0.1) is 35.4 Å². The van der Waals surface area contributed by atoms with Gasteiger partial charge in [0.25, 0.3) is 0 Å². The molecule has 0 saturated heterocycles. The highest BCUT2D eigenvalue weighted by Gasteiger charge is 2.14. The molecule has 0 bridgehead atoms. The lowest BCUT2D eigenvalue weighted by molar-refractivity contribution is 0.204. The second kappa shape index (κ2) is 15.5. The van der Waals surface area contributed by atoms with Gasteiger partial charge in [-0.1, -0.05) is 0 Å². The molecule has 270 valence electrons. The normalized spacial score (nSPS) is 11.5. The lowest BCUT2D eigenvalue weighted by Gasteiger charge is -2.11. The number of benzene rings is 2. The van der Waals surface area contributed by atoms with Gasteiger partial charge in [-0.3, -0.25) is 0 Å². The Balaban J connectivity index is 1.07. The van der Waals surface area contributed by atoms with E-state index >= 15 is 0 Å². The maximum atomic E-state index is 11.8. The van der Waals surface area contributed by atoms with Crippen molar-refractivity contribution in [3.05, 3.63) is 83.6 Å². The number of thiazole rings is 2. The molecule has 6 aromatic rings. The quantitative estimate of drug-likeness (QED) is 0.106. The van der Waals surface area contributed by atoms with Crippen molar-refractivity contribution in [2.24, 2.45) is 5.14 Å². The summed E-state index contributed by atoms with van der Waals surface area (Å²) in [6.45, 7) is 0.269. The Morgan fingerprint density at radius 3 is 1.40 bits per heavy atom. The van der Waals surface area contributed by atoms with Crippen LogP contribution in [-0.2, 0) is 19.9 Å². The smallest absolute Gasteiger partial charge is 0.238 e. The fourth-order valence-electron chi connectivity index (χ4n) is 4.59. The van der Waals surface area contributed by atoms with Gasteiger partial charge in [-0.2, -0.15) is 9.97 Å². The second-order valence-electron chi connectivity index (χ2n) is 10.9. The molecular weight excluding hydrogens is 751 g/mol. The molecule has 2 aromatic carbocycles. The molecule has 0 spiro atoms. The van der Waals surface area contributed by atoms with E-state index in [0.717, 1.165) is 11.8 Å². The summed E-state index contributed by atoms with van der Waals surface area (Å²) in [4.78, 5) is 18.3. The number of sulfone groups is 1. The van der Waals surface area contributed by atoms with Crippen molar-refractivity contribution >= 4 is 64.2 Å². The summed E-state index contributed by atoms with van der Waals surface area (Å²) in [7, 11) is -4.06. The number of nitrogens with zero attached hydrogens (tertiary/aromatic N) is 4. The number of anilines is 4. The first-order chi connectivity index (χ1) is 24.9. The van der Waals surface area contributed by atoms with Crippen molar-refractivity contribution in [3.8, 4) is 46.0 Å². The number of primary sulfonamides is 1. The van der Waals surface area contributed by atoms with Crippen LogP contribution in [0.2, 0.25) is 0 Å². The van der Waals surface area contributed by atoms with E-state index in [1.807, 2.05) is 10.8 Å². The van der Waals surface area contributed by atoms with E-state index < -0.39 is 19.9 Å². The molecule has 0 aliphatic heterocycles. The molecule has 0 amide bonds. The van der Waals surface area contributed by atoms with Gasteiger partial charge >= 0.3 is 0 Å². The standard InChI is InChI=1S/C33H31N7O8S4/c1-45-28-14-20(26-18-49-32(37-26)35-22-4-8-24(9-5-22)51(3,41)42)16-30(39-28)47-12-13-48-31-17-21(15-29(40-31)46-2)27-19-50-33(38-27)36-23-6-10-25(11-7-23)52(34,43)44/h4-11,14-19H,12-13H2,1-3H3,(H,35,37)(H,36,38)(H2,34,43,44). The molecule has 0 aliphatic carbocycles. The molecular formula is C33H31N7O8S4. The Hall–Kier alpha value is -5.34. The maximum Gasteiger partial charge on any atom is 0.238 e. The van der Waals surface area contributed by atoms with Gasteiger partial charge in [-0.25, -0.2) is 31.9 Å². The second-order valence-corrected chi connectivity index (χ2v) is 16.2. The Morgan fingerprint density at radius 1 is 0.615 bits per heavy atom. The molecule has 52 heavy (non-hydrogen) atoms. The Morgan fingerprint density at radius 2 is 1.02 bits per heavy atom. The summed E-state index contributed by atoms with van der Waals surface area (Å²) < 4.78 is 69.2. The van der Waals surface area contributed by atoms with Crippen molar-refractivity contribution in [2.75, 3.05) is 44.3 Å². The number of hydrogen-bond donors (Lipinski definition) is 3. The van der Waals surface area contributed by atoms with Gasteiger partial charge in [0.1, 0.15) is 13.2 Å². The Bertz CT molecular complexity index is 2230. The highest BCUT2D eigenvalue weighted by Crippen LogP contribution is 2.33. The SMILES string of the molecule is COc1cc(-c2csc(Nc3ccc(S(C)(=O)=O)cc3)n2)cc(OCCOc2cc(-c3csc(Nc4ccc(S(N)(=O)=O)cc4)n3)cc(OC)n2)n1. The van der Waals surface area contributed by atoms with Crippen LogP contribution in [0.3, 0.4) is 0 Å². The first-order valence-electron chi connectivity index (χ1n) is 15.1. The number of ether oxygens (including phenoxy) is 4. The molecule has 0 saturated carbocycles. The highest BCUT2D eigenvalue weighted by molar-refractivity contribution is 7.90. The average molecular weight is 782 g/mol. The Labute approximate surface area is 307 Å². The minimum atomic E-state index is -3.79. The number of rotatable bonds is 15. The van der Waals surface area contributed by atoms with Crippen LogP contribution < -0.4 is 34.7 Å². The lowest BCUT2D eigenvalue weighted by Crippen LogP contribution is -2.11. The molecule has 0 unspecified atom stereocenters. The van der Waals surface area contributed by atoms with Gasteiger partial charge in [0, 0.05) is 63.8 Å². The number of hydrogen-bond acceptors (Lipinski definition) is 16. The van der Waals surface area contributed by atoms with E-state index in [1.54, 1.807) is 48.5 Å². The third-order valence-corrected chi connectivity index (χ3v) is 10.7. The van der Waals surface area contributed by atoms with Gasteiger partial charge < -0.3 is 29.6 Å². The molecule has 4 N–H and O–H groups in total. The summed E-state index contributed by atoms with van der Waals surface area (Å²) in [5.41, 5.74) is 4.08. The predicted molar refractivity (Wildman–Crippen MR) is 199 cm³/mol. The van der Waals surface area contributed by atoms with Crippen LogP contribution in [0.1, 0.15) is 0 Å². The first-order valence-corrected chi connectivity index (χ1v) is 20.3. The number of methoxy groups -OCH3 is 2. The zero-order chi connectivity index (χ0) is 36.9. The summed E-state index contributed by atoms with van der Waals surface area (Å²) in [6, 6.07) is 19.4. The summed E-state index contributed by atoms with van der Waals surface area (Å²) in [5.74, 6) is 1.27. The van der Waals surface area contributed by atoms with Crippen molar-refractivity contribution in [1.82, 2.24) is 19.9 Å². The van der Waals surface area contributed by atoms with Gasteiger partial charge in [-0.05, 0) is 48.5 Å². The van der Waals surface area contributed by atoms with Crippen molar-refractivity contribution in [3.63, 3.8) is 0 Å². The average Bonchev–Trinajstić information content (AvgIpc) is 3.80. The predicted octanol–water partition coefficient (Wildman–Crippen LogP) is 5.74. The summed E-state index contributed by atoms with van der Waals surface area (Å²) >= 11 is 2.75. The largest absolute Gasteiger partial charge is 0.481 e. The number of nitrogens with two attached hydrogens (primary N) is 1. The third-order valence-electron chi connectivity index (χ3n) is 7.13. The van der Waals surface area contributed by atoms with Crippen LogP contribution in [0.25, 0.3) is 22.5 Å². The maximum absolute atomic E-state index is 11.8. The van der Waals surface area contributed by atoms with Gasteiger partial charge in [-0.15, -0.1) is 22.7 Å². The zero-order valence-electron chi connectivity index (χ0n) is 27.8. The molecule has 0 radical (unpaired) electrons. The monoisotopic (exact) mass is 781 g/mol. The van der Waals surface area contributed by atoms with Crippen LogP contribution in [0.4, 0.5) is 21.6 Å². The van der Waals surface area contributed by atoms with Gasteiger partial charge in [0.2, 0.25) is 33.5 Å². The van der Waals surface area contributed by atoms with E-state index in [0.29, 0.717) is 62.1 Å². The van der Waals surface area contributed by atoms with E-state index in [9.17, 15) is 16.8 Å². The first kappa shape index (κ1) is 36.5. The van der Waals surface area contributed by atoms with Crippen molar-refractivity contribution in [2.45, 2.75) is 9.79 Å². The molecule has 4 aromatic heterocycles. The topological polar surface area (TPSA) is 207 Å². The number of nitrogens with one attached hydrogen (secondary N) is 2. The number of sulfonamides is 1. The van der Waals surface area contributed by atoms with Gasteiger partial charge in [0.15, 0.2) is 20.1 Å². The molecule has 19 heteroatoms. The number of pyridine rings is 2. The van der Waals surface area contributed by atoms with E-state index in [2.05, 4.69) is 30.6 Å². The van der Waals surface area contributed by atoms with Crippen LogP contribution >= 0.6 is 22.7 Å². The van der Waals surface area contributed by atoms with Crippen LogP contribution in [0.5, 0.6) is 23.5 Å².